The van der Waals surface area contributed by atoms with Crippen molar-refractivity contribution in [1.29, 1.82) is 0 Å². The lowest BCUT2D eigenvalue weighted by molar-refractivity contribution is 0.0779. The topological polar surface area (TPSA) is 43.8 Å². The fourth-order valence-electron chi connectivity index (χ4n) is 2.79. The molecular formula is C15H21ClN2O2. The summed E-state index contributed by atoms with van der Waals surface area (Å²) in [5.74, 6) is 0.403. The van der Waals surface area contributed by atoms with Crippen LogP contribution in [0.25, 0.3) is 0 Å². The summed E-state index contributed by atoms with van der Waals surface area (Å²) >= 11 is 6.08. The zero-order valence-corrected chi connectivity index (χ0v) is 12.7. The van der Waals surface area contributed by atoms with Crippen LogP contribution in [0.5, 0.6) is 0 Å². The Balaban J connectivity index is 2.11. The van der Waals surface area contributed by atoms with Crippen molar-refractivity contribution in [1.82, 2.24) is 9.80 Å². The molecule has 1 aromatic carbocycles. The summed E-state index contributed by atoms with van der Waals surface area (Å²) in [6.07, 6.45) is 0. The minimum Gasteiger partial charge on any atom is -0.396 e. The molecule has 2 atom stereocenters. The average Bonchev–Trinajstić information content (AvgIpc) is 2.80. The van der Waals surface area contributed by atoms with E-state index in [4.69, 9.17) is 11.6 Å². The first-order chi connectivity index (χ1) is 9.52. The molecule has 4 nitrogen and oxygen atoms in total. The summed E-state index contributed by atoms with van der Waals surface area (Å²) < 4.78 is 0. The molecule has 1 aromatic rings. The van der Waals surface area contributed by atoms with Crippen molar-refractivity contribution in [2.24, 2.45) is 11.8 Å². The van der Waals surface area contributed by atoms with Gasteiger partial charge in [0.15, 0.2) is 0 Å². The first-order valence-electron chi connectivity index (χ1n) is 6.82. The summed E-state index contributed by atoms with van der Waals surface area (Å²) in [4.78, 5) is 16.4. The van der Waals surface area contributed by atoms with Crippen LogP contribution in [0.2, 0.25) is 5.02 Å². The first-order valence-corrected chi connectivity index (χ1v) is 7.20. The second-order valence-corrected chi connectivity index (χ2v) is 6.06. The van der Waals surface area contributed by atoms with E-state index in [0.29, 0.717) is 29.6 Å². The number of halogens is 1. The molecule has 110 valence electrons. The van der Waals surface area contributed by atoms with Crippen LogP contribution in [0.3, 0.4) is 0 Å². The number of aliphatic hydroxyl groups is 1. The van der Waals surface area contributed by atoms with E-state index in [-0.39, 0.29) is 18.4 Å². The Bertz CT molecular complexity index is 479. The van der Waals surface area contributed by atoms with E-state index in [1.165, 1.54) is 0 Å². The third-order valence-corrected chi connectivity index (χ3v) is 4.13. The van der Waals surface area contributed by atoms with Gasteiger partial charge in [0, 0.05) is 32.2 Å². The molecule has 1 heterocycles. The first kappa shape index (κ1) is 15.3. The summed E-state index contributed by atoms with van der Waals surface area (Å²) in [5.41, 5.74) is 0.538. The summed E-state index contributed by atoms with van der Waals surface area (Å²) in [6.45, 7) is 2.26. The quantitative estimate of drug-likeness (QED) is 0.917. The minimum atomic E-state index is -0.0460. The SMILES string of the molecule is CN(C)C[C@@H]1CN(C(=O)c2ccccc2Cl)C[C@@H]1CO. The summed E-state index contributed by atoms with van der Waals surface area (Å²) in [5, 5.41) is 9.97. The predicted molar refractivity (Wildman–Crippen MR) is 80.0 cm³/mol. The smallest absolute Gasteiger partial charge is 0.255 e. The van der Waals surface area contributed by atoms with E-state index in [2.05, 4.69) is 4.90 Å². The number of likely N-dealkylation sites (tertiary alicyclic amines) is 1. The van der Waals surface area contributed by atoms with Gasteiger partial charge in [-0.15, -0.1) is 0 Å². The Morgan fingerprint density at radius 2 is 2.00 bits per heavy atom. The van der Waals surface area contributed by atoms with E-state index in [0.717, 1.165) is 6.54 Å². The van der Waals surface area contributed by atoms with Crippen LogP contribution in [-0.4, -0.2) is 61.2 Å². The number of aliphatic hydroxyl groups excluding tert-OH is 1. The molecule has 1 aliphatic heterocycles. The second-order valence-electron chi connectivity index (χ2n) is 5.65. The van der Waals surface area contributed by atoms with Gasteiger partial charge in [0.05, 0.1) is 10.6 Å². The number of benzene rings is 1. The largest absolute Gasteiger partial charge is 0.396 e. The van der Waals surface area contributed by atoms with Gasteiger partial charge in [-0.05, 0) is 32.1 Å². The third kappa shape index (κ3) is 3.32. The van der Waals surface area contributed by atoms with Crippen molar-refractivity contribution in [3.63, 3.8) is 0 Å². The van der Waals surface area contributed by atoms with Crippen LogP contribution < -0.4 is 0 Å². The molecule has 1 amide bonds. The van der Waals surface area contributed by atoms with Gasteiger partial charge in [-0.25, -0.2) is 0 Å². The maximum atomic E-state index is 12.5. The fraction of sp³-hybridized carbons (Fsp3) is 0.533. The van der Waals surface area contributed by atoms with Crippen LogP contribution in [0.1, 0.15) is 10.4 Å². The molecule has 20 heavy (non-hydrogen) atoms. The van der Waals surface area contributed by atoms with Crippen LogP contribution in [0.4, 0.5) is 0 Å². The average molecular weight is 297 g/mol. The normalized spacial score (nSPS) is 22.6. The van der Waals surface area contributed by atoms with Gasteiger partial charge < -0.3 is 14.9 Å². The van der Waals surface area contributed by atoms with Crippen LogP contribution in [0.15, 0.2) is 24.3 Å². The highest BCUT2D eigenvalue weighted by Gasteiger charge is 2.35. The number of hydrogen-bond acceptors (Lipinski definition) is 3. The molecular weight excluding hydrogens is 276 g/mol. The van der Waals surface area contributed by atoms with Crippen molar-refractivity contribution in [2.45, 2.75) is 0 Å². The monoisotopic (exact) mass is 296 g/mol. The van der Waals surface area contributed by atoms with Crippen molar-refractivity contribution in [2.75, 3.05) is 40.3 Å². The number of hydrogen-bond donors (Lipinski definition) is 1. The molecule has 0 aromatic heterocycles. The zero-order chi connectivity index (χ0) is 14.7. The number of carbonyl (C=O) groups excluding carboxylic acids is 1. The number of rotatable bonds is 4. The highest BCUT2D eigenvalue weighted by molar-refractivity contribution is 6.33. The van der Waals surface area contributed by atoms with E-state index >= 15 is 0 Å². The Hall–Kier alpha value is -1.10. The van der Waals surface area contributed by atoms with Gasteiger partial charge in [-0.2, -0.15) is 0 Å². The summed E-state index contributed by atoms with van der Waals surface area (Å²) in [6, 6.07) is 7.11. The molecule has 5 heteroatoms. The van der Waals surface area contributed by atoms with Crippen LogP contribution in [0, 0.1) is 11.8 Å². The van der Waals surface area contributed by atoms with E-state index in [1.54, 1.807) is 17.0 Å². The third-order valence-electron chi connectivity index (χ3n) is 3.80. The Morgan fingerprint density at radius 1 is 1.35 bits per heavy atom. The molecule has 2 rings (SSSR count). The van der Waals surface area contributed by atoms with Gasteiger partial charge >= 0.3 is 0 Å². The van der Waals surface area contributed by atoms with Crippen molar-refractivity contribution < 1.29 is 9.90 Å². The van der Waals surface area contributed by atoms with Crippen molar-refractivity contribution in [3.05, 3.63) is 34.9 Å². The van der Waals surface area contributed by atoms with E-state index < -0.39 is 0 Å². The molecule has 0 saturated carbocycles. The summed E-state index contributed by atoms with van der Waals surface area (Å²) in [7, 11) is 4.01. The molecule has 0 aliphatic carbocycles. The molecule has 1 saturated heterocycles. The number of nitrogens with zero attached hydrogens (tertiary/aromatic N) is 2. The van der Waals surface area contributed by atoms with Crippen molar-refractivity contribution in [3.8, 4) is 0 Å². The highest BCUT2D eigenvalue weighted by Crippen LogP contribution is 2.26. The molecule has 1 fully saturated rings. The fourth-order valence-corrected chi connectivity index (χ4v) is 3.01. The Morgan fingerprint density at radius 3 is 2.60 bits per heavy atom. The second kappa shape index (κ2) is 6.57. The molecule has 1 aliphatic rings. The standard InChI is InChI=1S/C15H21ClN2O2/c1-17(2)7-11-8-18(9-12(11)10-19)15(20)13-5-3-4-6-14(13)16/h3-6,11-12,19H,7-10H2,1-2H3/t11-,12-/m1/s1. The zero-order valence-electron chi connectivity index (χ0n) is 11.9. The maximum Gasteiger partial charge on any atom is 0.255 e. The highest BCUT2D eigenvalue weighted by atomic mass is 35.5. The molecule has 1 N–H and O–H groups in total. The van der Waals surface area contributed by atoms with E-state index in [9.17, 15) is 9.90 Å². The van der Waals surface area contributed by atoms with Gasteiger partial charge in [0.2, 0.25) is 0 Å². The molecule has 0 spiro atoms. The van der Waals surface area contributed by atoms with Crippen LogP contribution in [-0.2, 0) is 0 Å². The Labute approximate surface area is 124 Å². The predicted octanol–water partition coefficient (Wildman–Crippen LogP) is 1.58. The van der Waals surface area contributed by atoms with E-state index in [1.807, 2.05) is 26.2 Å². The van der Waals surface area contributed by atoms with Crippen molar-refractivity contribution >= 4 is 17.5 Å². The Kier molecular flexibility index (Phi) is 5.02. The molecule has 0 radical (unpaired) electrons. The molecule has 0 bridgehead atoms. The number of carbonyl (C=O) groups is 1. The van der Waals surface area contributed by atoms with Gasteiger partial charge in [-0.3, -0.25) is 4.79 Å². The van der Waals surface area contributed by atoms with Gasteiger partial charge in [0.1, 0.15) is 0 Å². The minimum absolute atomic E-state index is 0.0460. The van der Waals surface area contributed by atoms with Gasteiger partial charge in [0.25, 0.3) is 5.91 Å². The lowest BCUT2D eigenvalue weighted by atomic mass is 9.97. The lowest BCUT2D eigenvalue weighted by Gasteiger charge is -2.20. The van der Waals surface area contributed by atoms with Gasteiger partial charge in [-0.1, -0.05) is 23.7 Å². The van der Waals surface area contributed by atoms with Crippen LogP contribution >= 0.6 is 11.6 Å². The molecule has 0 unspecified atom stereocenters. The number of amides is 1. The lowest BCUT2D eigenvalue weighted by Crippen LogP contribution is -2.31. The maximum absolute atomic E-state index is 12.5.